The molecule has 2 aliphatic heterocycles. The molecule has 1 N–H and O–H groups in total. The first kappa shape index (κ1) is 6.93. The number of hydrogen-bond acceptors (Lipinski definition) is 3. The minimum atomic E-state index is -2.97. The molecule has 2 aromatic rings. The Morgan fingerprint density at radius 1 is 1.39 bits per heavy atom. The van der Waals surface area contributed by atoms with Gasteiger partial charge < -0.3 is 10.2 Å². The number of amides is 1. The van der Waals surface area contributed by atoms with Crippen molar-refractivity contribution < 1.29 is 19.9 Å². The quantitative estimate of drug-likeness (QED) is 0.923. The molecule has 23 heavy (non-hydrogen) atoms. The van der Waals surface area contributed by atoms with Gasteiger partial charge in [-0.3, -0.25) is 9.48 Å². The Labute approximate surface area is 152 Å². The van der Waals surface area contributed by atoms with Crippen LogP contribution in [-0.2, 0) is 6.98 Å². The highest BCUT2D eigenvalue weighted by Gasteiger charge is 2.36. The van der Waals surface area contributed by atoms with Gasteiger partial charge in [0.2, 0.25) is 0 Å². The van der Waals surface area contributed by atoms with Crippen LogP contribution in [0.2, 0.25) is 0 Å². The van der Waals surface area contributed by atoms with E-state index in [2.05, 4.69) is 10.4 Å². The van der Waals surface area contributed by atoms with E-state index < -0.39 is 84.5 Å². The third kappa shape index (κ3) is 2.53. The summed E-state index contributed by atoms with van der Waals surface area (Å²) >= 11 is 0. The van der Waals surface area contributed by atoms with Gasteiger partial charge in [0.15, 0.2) is 5.69 Å². The molecule has 1 aromatic heterocycles. The van der Waals surface area contributed by atoms with Crippen LogP contribution in [0.25, 0.3) is 10.9 Å². The number of carbonyl (C=O) groups excluding carboxylic acids is 1. The summed E-state index contributed by atoms with van der Waals surface area (Å²) in [5, 5.41) is 5.75. The largest absolute Gasteiger partial charge is 0.348 e. The molecule has 2 atom stereocenters. The van der Waals surface area contributed by atoms with Crippen molar-refractivity contribution in [2.75, 3.05) is 7.05 Å². The van der Waals surface area contributed by atoms with E-state index in [1.54, 1.807) is 11.9 Å². The number of fused-ring (bicyclic) bond motifs is 3. The van der Waals surface area contributed by atoms with Crippen LogP contribution >= 0.6 is 0 Å². The Balaban J connectivity index is 1.86. The Bertz CT molecular complexity index is 1150. The molecule has 0 saturated carbocycles. The van der Waals surface area contributed by atoms with E-state index in [1.807, 2.05) is 0 Å². The molecule has 0 radical (unpaired) electrons. The molecule has 0 aliphatic carbocycles. The maximum absolute atomic E-state index is 13.3. The fraction of sp³-hybridized carbons (Fsp3) is 0.556. The lowest BCUT2D eigenvalue weighted by Crippen LogP contribution is -2.55. The lowest BCUT2D eigenvalue weighted by Gasteiger charge is -2.47. The number of carbonyl (C=O) groups is 1. The van der Waals surface area contributed by atoms with Crippen LogP contribution in [0.4, 0.5) is 0 Å². The van der Waals surface area contributed by atoms with Crippen LogP contribution in [0.15, 0.2) is 24.2 Å². The molecule has 5 heteroatoms. The van der Waals surface area contributed by atoms with Gasteiger partial charge in [-0.1, -0.05) is 24.5 Å². The molecular weight excluding hydrogens is 288 g/mol. The van der Waals surface area contributed by atoms with Gasteiger partial charge in [-0.2, -0.15) is 5.10 Å². The molecule has 122 valence electrons. The first-order chi connectivity index (χ1) is 15.5. The van der Waals surface area contributed by atoms with E-state index in [-0.39, 0.29) is 0 Å². The Kier molecular flexibility index (Phi) is 1.70. The molecule has 0 unspecified atom stereocenters. The summed E-state index contributed by atoms with van der Waals surface area (Å²) in [5.41, 5.74) is -1.11. The van der Waals surface area contributed by atoms with Gasteiger partial charge >= 0.3 is 0 Å². The van der Waals surface area contributed by atoms with Crippen molar-refractivity contribution in [3.05, 3.63) is 29.9 Å². The molecule has 1 aromatic carbocycles. The summed E-state index contributed by atoms with van der Waals surface area (Å²) in [6, 6.07) is -5.60. The van der Waals surface area contributed by atoms with Crippen molar-refractivity contribution in [2.24, 2.45) is 6.98 Å². The molecule has 4 rings (SSSR count). The van der Waals surface area contributed by atoms with Gasteiger partial charge in [0.1, 0.15) is 0 Å². The van der Waals surface area contributed by atoms with Gasteiger partial charge in [-0.15, -0.1) is 0 Å². The molecule has 0 spiro atoms. The monoisotopic (exact) mass is 323 g/mol. The molecule has 2 fully saturated rings. The van der Waals surface area contributed by atoms with Crippen molar-refractivity contribution in [1.82, 2.24) is 20.0 Å². The average molecular weight is 323 g/mol. The Morgan fingerprint density at radius 2 is 2.13 bits per heavy atom. The van der Waals surface area contributed by atoms with Crippen LogP contribution in [0.1, 0.15) is 57.6 Å². The molecule has 3 heterocycles. The average Bonchev–Trinajstić information content (AvgIpc) is 3.14. The van der Waals surface area contributed by atoms with Crippen LogP contribution < -0.4 is 5.32 Å². The maximum Gasteiger partial charge on any atom is 0.272 e. The van der Waals surface area contributed by atoms with Crippen molar-refractivity contribution >= 4 is 16.8 Å². The Morgan fingerprint density at radius 3 is 2.87 bits per heavy atom. The maximum atomic E-state index is 13.3. The van der Waals surface area contributed by atoms with Gasteiger partial charge in [0.05, 0.1) is 11.0 Å². The number of hydrogen-bond donors (Lipinski definition) is 1. The Hall–Kier alpha value is -1.88. The lowest BCUT2D eigenvalue weighted by molar-refractivity contribution is 0.0462. The minimum absolute atomic E-state index is 0.377. The number of nitrogens with one attached hydrogen (secondary N) is 1. The first-order valence-electron chi connectivity index (χ1n) is 13.0. The molecule has 2 aliphatic rings. The van der Waals surface area contributed by atoms with Crippen LogP contribution in [0.5, 0.6) is 0 Å². The third-order valence-electron chi connectivity index (χ3n) is 4.46. The number of piperidine rings is 2. The second-order valence-corrected chi connectivity index (χ2v) is 5.85. The fourth-order valence-corrected chi connectivity index (χ4v) is 3.24. The summed E-state index contributed by atoms with van der Waals surface area (Å²) < 4.78 is 90.2. The number of aromatic nitrogens is 2. The van der Waals surface area contributed by atoms with E-state index in [1.165, 1.54) is 0 Å². The number of nitrogens with zero attached hydrogens (tertiary/aromatic N) is 3. The zero-order valence-corrected chi connectivity index (χ0v) is 12.6. The van der Waals surface area contributed by atoms with E-state index >= 15 is 0 Å². The SMILES string of the molecule is [2H]c1c([2H])c([2H])c2c(c(C(=O)NC3C([2H])([2H])[C@H]4CCC[C@@H](N4C)C3([2H])[2H])nn2C([2H])([2H])[2H])c1[2H]. The molecule has 1 amide bonds. The van der Waals surface area contributed by atoms with Crippen molar-refractivity contribution in [1.29, 1.82) is 0 Å². The number of para-hydroxylation sites is 1. The second kappa shape index (κ2) is 5.64. The van der Waals surface area contributed by atoms with Crippen molar-refractivity contribution in [3.8, 4) is 0 Å². The van der Waals surface area contributed by atoms with Gasteiger partial charge in [-0.05, 0) is 38.7 Å². The summed E-state index contributed by atoms with van der Waals surface area (Å²) in [6.07, 6.45) is -2.75. The standard InChI is InChI=1S/C18H24N4O/c1-21-13-6-5-7-14(21)11-12(10-13)19-18(23)17-15-8-3-4-9-16(15)22(2)20-17/h3-4,8-9,12-14H,5-7,10-11H2,1-2H3,(H,19,23)/t13-,14-/m1/s1/i2D3,3D,4D,8D,9D,10D2,11D2. The molecule has 5 nitrogen and oxygen atoms in total. The highest BCUT2D eigenvalue weighted by Crippen LogP contribution is 2.32. The molecule has 2 saturated heterocycles. The highest BCUT2D eigenvalue weighted by atomic mass is 16.2. The predicted molar refractivity (Wildman–Crippen MR) is 90.4 cm³/mol. The van der Waals surface area contributed by atoms with Crippen LogP contribution in [0.3, 0.4) is 0 Å². The van der Waals surface area contributed by atoms with Crippen LogP contribution in [0, 0.1) is 0 Å². The summed E-state index contributed by atoms with van der Waals surface area (Å²) in [7, 11) is 1.66. The first-order valence-corrected chi connectivity index (χ1v) is 7.55. The van der Waals surface area contributed by atoms with E-state index in [4.69, 9.17) is 15.1 Å². The second-order valence-electron chi connectivity index (χ2n) is 5.85. The predicted octanol–water partition coefficient (Wildman–Crippen LogP) is 2.32. The zero-order chi connectivity index (χ0) is 25.5. The lowest BCUT2D eigenvalue weighted by atomic mass is 9.82. The summed E-state index contributed by atoms with van der Waals surface area (Å²) in [6.45, 7) is -2.97. The van der Waals surface area contributed by atoms with Crippen molar-refractivity contribution in [3.63, 3.8) is 0 Å². The zero-order valence-electron chi connectivity index (χ0n) is 23.6. The van der Waals surface area contributed by atoms with E-state index in [0.717, 1.165) is 0 Å². The normalized spacial score (nSPS) is 39.9. The smallest absolute Gasteiger partial charge is 0.272 e. The topological polar surface area (TPSA) is 50.2 Å². The molecule has 2 bridgehead atoms. The van der Waals surface area contributed by atoms with E-state index in [0.29, 0.717) is 23.9 Å². The summed E-state index contributed by atoms with van der Waals surface area (Å²) in [4.78, 5) is 15.0. The fourth-order valence-electron chi connectivity index (χ4n) is 3.24. The number of rotatable bonds is 2. The van der Waals surface area contributed by atoms with E-state index in [9.17, 15) is 4.79 Å². The van der Waals surface area contributed by atoms with Gasteiger partial charge in [-0.25, -0.2) is 0 Å². The third-order valence-corrected chi connectivity index (χ3v) is 4.46. The van der Waals surface area contributed by atoms with Gasteiger partial charge in [0, 0.05) is 40.1 Å². The molecular formula is C18H24N4O. The number of benzene rings is 1. The number of aryl methyl sites for hydroxylation is 1. The van der Waals surface area contributed by atoms with Crippen LogP contribution in [-0.4, -0.2) is 45.8 Å². The van der Waals surface area contributed by atoms with Crippen molar-refractivity contribution in [2.45, 2.75) is 50.1 Å². The highest BCUT2D eigenvalue weighted by molar-refractivity contribution is 6.04. The summed E-state index contributed by atoms with van der Waals surface area (Å²) in [5.74, 6) is -1.11. The van der Waals surface area contributed by atoms with Gasteiger partial charge in [0.25, 0.3) is 5.91 Å². The minimum Gasteiger partial charge on any atom is -0.348 e.